The van der Waals surface area contributed by atoms with E-state index in [-0.39, 0.29) is 11.3 Å². The van der Waals surface area contributed by atoms with Crippen LogP contribution in [-0.4, -0.2) is 12.1 Å². The highest BCUT2D eigenvalue weighted by Crippen LogP contribution is 2.22. The molecule has 2 rings (SSSR count). The van der Waals surface area contributed by atoms with Crippen molar-refractivity contribution in [1.29, 1.82) is 0 Å². The monoisotopic (exact) mass is 320 g/mol. The van der Waals surface area contributed by atoms with Gasteiger partial charge >= 0.3 is 0 Å². The summed E-state index contributed by atoms with van der Waals surface area (Å²) in [5.41, 5.74) is 6.50. The molecule has 2 aromatic carbocycles. The summed E-state index contributed by atoms with van der Waals surface area (Å²) in [6.45, 7) is 8.39. The Balaban J connectivity index is 1.96. The molecule has 0 aromatic heterocycles. The number of nitrogens with zero attached hydrogens (tertiary/aromatic N) is 1. The van der Waals surface area contributed by atoms with Crippen LogP contribution in [0.3, 0.4) is 0 Å². The molecule has 3 nitrogen and oxygen atoms in total. The maximum Gasteiger partial charge on any atom is 0.271 e. The Morgan fingerprint density at radius 2 is 1.62 bits per heavy atom. The van der Waals surface area contributed by atoms with Gasteiger partial charge in [0.15, 0.2) is 0 Å². The summed E-state index contributed by atoms with van der Waals surface area (Å²) in [5, 5.41) is 4.02. The Morgan fingerprint density at radius 3 is 2.21 bits per heavy atom. The van der Waals surface area contributed by atoms with Crippen LogP contribution >= 0.6 is 0 Å². The van der Waals surface area contributed by atoms with Gasteiger partial charge in [-0.2, -0.15) is 5.10 Å². The van der Waals surface area contributed by atoms with Crippen LogP contribution < -0.4 is 5.43 Å². The Kier molecular flexibility index (Phi) is 5.69. The van der Waals surface area contributed by atoms with E-state index < -0.39 is 0 Å². The third kappa shape index (κ3) is 5.20. The summed E-state index contributed by atoms with van der Waals surface area (Å²) < 4.78 is 0. The molecule has 0 saturated carbocycles. The summed E-state index contributed by atoms with van der Waals surface area (Å²) in [7, 11) is 0. The van der Waals surface area contributed by atoms with Gasteiger partial charge in [0.05, 0.1) is 6.21 Å². The summed E-state index contributed by atoms with van der Waals surface area (Å²) in [6, 6.07) is 17.6. The third-order valence-corrected chi connectivity index (χ3v) is 3.64. The number of carbonyl (C=O) groups is 1. The number of nitrogens with one attached hydrogen (secondary N) is 1. The lowest BCUT2D eigenvalue weighted by molar-refractivity contribution is 0.0955. The van der Waals surface area contributed by atoms with Gasteiger partial charge in [-0.3, -0.25) is 4.79 Å². The van der Waals surface area contributed by atoms with Crippen molar-refractivity contribution >= 4 is 18.2 Å². The molecule has 124 valence electrons. The maximum absolute atomic E-state index is 12.1. The van der Waals surface area contributed by atoms with Gasteiger partial charge in [0.2, 0.25) is 0 Å². The number of carbonyl (C=O) groups excluding carboxylic acids is 1. The van der Waals surface area contributed by atoms with Crippen LogP contribution in [0.5, 0.6) is 0 Å². The lowest BCUT2D eigenvalue weighted by atomic mass is 9.87. The molecule has 0 saturated heterocycles. The van der Waals surface area contributed by atoms with E-state index in [1.54, 1.807) is 6.21 Å². The first-order chi connectivity index (χ1) is 11.4. The second-order valence-electron chi connectivity index (χ2n) is 6.83. The minimum Gasteiger partial charge on any atom is -0.267 e. The predicted octanol–water partition coefficient (Wildman–Crippen LogP) is 4.80. The highest BCUT2D eigenvalue weighted by Gasteiger charge is 2.14. The molecule has 0 aliphatic carbocycles. The molecule has 0 spiro atoms. The smallest absolute Gasteiger partial charge is 0.267 e. The fraction of sp³-hybridized carbons (Fsp3) is 0.238. The second kappa shape index (κ2) is 7.73. The molecule has 24 heavy (non-hydrogen) atoms. The molecular weight excluding hydrogens is 296 g/mol. The number of amides is 1. The van der Waals surface area contributed by atoms with Gasteiger partial charge in [-0.25, -0.2) is 5.43 Å². The Bertz CT molecular complexity index is 736. The normalized spacial score (nSPS) is 12.4. The molecule has 0 aliphatic heterocycles. The van der Waals surface area contributed by atoms with Crippen LogP contribution in [0, 0.1) is 0 Å². The van der Waals surface area contributed by atoms with E-state index in [1.807, 2.05) is 67.6 Å². The number of rotatable bonds is 4. The first-order valence-electron chi connectivity index (χ1n) is 8.03. The quantitative estimate of drug-likeness (QED) is 0.638. The standard InChI is InChI=1S/C21H24N2O/c1-16(14-17-8-6-5-7-9-17)15-22-23-20(24)18-10-12-19(13-11-18)21(2,3)4/h5-15H,1-4H3,(H,23,24)/b16-14+,22-15+. The van der Waals surface area contributed by atoms with E-state index >= 15 is 0 Å². The minimum atomic E-state index is -0.209. The largest absolute Gasteiger partial charge is 0.271 e. The fourth-order valence-corrected chi connectivity index (χ4v) is 2.23. The Morgan fingerprint density at radius 1 is 1.00 bits per heavy atom. The van der Waals surface area contributed by atoms with Crippen LogP contribution in [0.15, 0.2) is 65.3 Å². The van der Waals surface area contributed by atoms with Gasteiger partial charge in [0, 0.05) is 5.56 Å². The van der Waals surface area contributed by atoms with E-state index in [1.165, 1.54) is 5.56 Å². The van der Waals surface area contributed by atoms with Crippen molar-refractivity contribution in [1.82, 2.24) is 5.43 Å². The van der Waals surface area contributed by atoms with Crippen LogP contribution in [0.25, 0.3) is 6.08 Å². The second-order valence-corrected chi connectivity index (χ2v) is 6.83. The molecule has 3 heteroatoms. The average molecular weight is 320 g/mol. The van der Waals surface area contributed by atoms with Crippen molar-refractivity contribution < 1.29 is 4.79 Å². The fourth-order valence-electron chi connectivity index (χ4n) is 2.23. The molecule has 0 heterocycles. The molecule has 0 aliphatic rings. The van der Waals surface area contributed by atoms with Crippen LogP contribution in [0.4, 0.5) is 0 Å². The third-order valence-electron chi connectivity index (χ3n) is 3.64. The molecule has 1 N–H and O–H groups in total. The number of allylic oxidation sites excluding steroid dienone is 1. The molecule has 0 fully saturated rings. The lowest BCUT2D eigenvalue weighted by Crippen LogP contribution is -2.18. The summed E-state index contributed by atoms with van der Waals surface area (Å²) >= 11 is 0. The van der Waals surface area contributed by atoms with Crippen LogP contribution in [-0.2, 0) is 5.41 Å². The van der Waals surface area contributed by atoms with Crippen LogP contribution in [0.1, 0.15) is 49.2 Å². The van der Waals surface area contributed by atoms with Crippen molar-refractivity contribution in [2.45, 2.75) is 33.1 Å². The van der Waals surface area contributed by atoms with E-state index in [0.29, 0.717) is 5.56 Å². The van der Waals surface area contributed by atoms with Gasteiger partial charge in [-0.05, 0) is 41.2 Å². The number of hydrogen-bond donors (Lipinski definition) is 1. The SMILES string of the molecule is CC(/C=N/NC(=O)c1ccc(C(C)(C)C)cc1)=C\c1ccccc1. The number of hydrogen-bond acceptors (Lipinski definition) is 2. The van der Waals surface area contributed by atoms with Gasteiger partial charge < -0.3 is 0 Å². The molecule has 0 bridgehead atoms. The minimum absolute atomic E-state index is 0.0759. The van der Waals surface area contributed by atoms with E-state index in [4.69, 9.17) is 0 Å². The zero-order valence-electron chi connectivity index (χ0n) is 14.7. The van der Waals surface area contributed by atoms with Gasteiger partial charge in [0.25, 0.3) is 5.91 Å². The maximum atomic E-state index is 12.1. The zero-order chi connectivity index (χ0) is 17.6. The first-order valence-corrected chi connectivity index (χ1v) is 8.03. The van der Waals surface area contributed by atoms with Crippen molar-refractivity contribution in [2.24, 2.45) is 5.10 Å². The van der Waals surface area contributed by atoms with Crippen molar-refractivity contribution in [3.05, 3.63) is 76.9 Å². The van der Waals surface area contributed by atoms with Crippen molar-refractivity contribution in [2.75, 3.05) is 0 Å². The van der Waals surface area contributed by atoms with Gasteiger partial charge in [-0.1, -0.05) is 69.3 Å². The lowest BCUT2D eigenvalue weighted by Gasteiger charge is -2.18. The van der Waals surface area contributed by atoms with Crippen LogP contribution in [0.2, 0.25) is 0 Å². The molecule has 0 radical (unpaired) electrons. The van der Waals surface area contributed by atoms with E-state index in [2.05, 4.69) is 31.3 Å². The topological polar surface area (TPSA) is 41.5 Å². The molecule has 0 unspecified atom stereocenters. The zero-order valence-corrected chi connectivity index (χ0v) is 14.7. The molecular formula is C21H24N2O. The first kappa shape index (κ1) is 17.7. The van der Waals surface area contributed by atoms with Gasteiger partial charge in [0.1, 0.15) is 0 Å². The van der Waals surface area contributed by atoms with E-state index in [9.17, 15) is 4.79 Å². The summed E-state index contributed by atoms with van der Waals surface area (Å²) in [5.74, 6) is -0.209. The molecule has 1 amide bonds. The summed E-state index contributed by atoms with van der Waals surface area (Å²) in [4.78, 5) is 12.1. The van der Waals surface area contributed by atoms with Crippen molar-refractivity contribution in [3.63, 3.8) is 0 Å². The highest BCUT2D eigenvalue weighted by molar-refractivity contribution is 5.95. The molecule has 0 atom stereocenters. The van der Waals surface area contributed by atoms with Gasteiger partial charge in [-0.15, -0.1) is 0 Å². The van der Waals surface area contributed by atoms with E-state index in [0.717, 1.165) is 11.1 Å². The number of benzene rings is 2. The Labute approximate surface area is 144 Å². The predicted molar refractivity (Wildman–Crippen MR) is 101 cm³/mol. The summed E-state index contributed by atoms with van der Waals surface area (Å²) in [6.07, 6.45) is 3.65. The number of hydrazone groups is 1. The average Bonchev–Trinajstić information content (AvgIpc) is 2.55. The molecule has 2 aromatic rings. The Hall–Kier alpha value is -2.68. The highest BCUT2D eigenvalue weighted by atomic mass is 16.2. The van der Waals surface area contributed by atoms with Crippen molar-refractivity contribution in [3.8, 4) is 0 Å².